The number of nitrogens with zero attached hydrogens (tertiary/aromatic N) is 1. The van der Waals surface area contributed by atoms with Crippen molar-refractivity contribution in [2.45, 2.75) is 25.9 Å². The van der Waals surface area contributed by atoms with E-state index in [-0.39, 0.29) is 11.9 Å². The monoisotopic (exact) mass is 309 g/mol. The molecule has 0 aromatic heterocycles. The van der Waals surface area contributed by atoms with Crippen LogP contribution in [0.4, 0.5) is 0 Å². The van der Waals surface area contributed by atoms with Gasteiger partial charge in [-0.05, 0) is 38.7 Å². The number of rotatable bonds is 9. The minimum absolute atomic E-state index is 0.0553. The van der Waals surface area contributed by atoms with Gasteiger partial charge in [-0.1, -0.05) is 6.07 Å². The Morgan fingerprint density at radius 3 is 2.68 bits per heavy atom. The number of carbonyl (C=O) groups excluding carboxylic acids is 1. The predicted molar refractivity (Wildman–Crippen MR) is 87.2 cm³/mol. The Balaban J connectivity index is 2.58. The molecule has 0 saturated carbocycles. The molecule has 0 fully saturated rings. The Morgan fingerprint density at radius 2 is 2.09 bits per heavy atom. The molecule has 0 bridgehead atoms. The topological polar surface area (TPSA) is 76.8 Å². The lowest BCUT2D eigenvalue weighted by Gasteiger charge is -2.14. The Kier molecular flexibility index (Phi) is 7.70. The van der Waals surface area contributed by atoms with Gasteiger partial charge in [-0.3, -0.25) is 4.79 Å². The van der Waals surface area contributed by atoms with Crippen LogP contribution in [0.2, 0.25) is 0 Å². The first-order valence-corrected chi connectivity index (χ1v) is 7.39. The molecule has 0 radical (unpaired) electrons. The van der Waals surface area contributed by atoms with Crippen LogP contribution in [-0.4, -0.2) is 51.2 Å². The van der Waals surface area contributed by atoms with Crippen molar-refractivity contribution in [1.29, 1.82) is 0 Å². The summed E-state index contributed by atoms with van der Waals surface area (Å²) in [5.74, 6) is 1.31. The largest absolute Gasteiger partial charge is 0.493 e. The molecule has 1 rings (SSSR count). The first-order valence-electron chi connectivity index (χ1n) is 7.39. The number of ether oxygens (including phenoxy) is 2. The number of hydrogen-bond acceptors (Lipinski definition) is 5. The van der Waals surface area contributed by atoms with Crippen LogP contribution in [0.25, 0.3) is 0 Å². The van der Waals surface area contributed by atoms with E-state index in [4.69, 9.17) is 15.2 Å². The molecule has 0 heterocycles. The van der Waals surface area contributed by atoms with Gasteiger partial charge in [0.25, 0.3) is 0 Å². The van der Waals surface area contributed by atoms with Crippen molar-refractivity contribution in [3.05, 3.63) is 23.8 Å². The first-order chi connectivity index (χ1) is 10.4. The van der Waals surface area contributed by atoms with Crippen LogP contribution in [0, 0.1) is 0 Å². The van der Waals surface area contributed by atoms with Crippen molar-refractivity contribution in [2.24, 2.45) is 5.73 Å². The average Bonchev–Trinajstić information content (AvgIpc) is 2.44. The fourth-order valence-corrected chi connectivity index (χ4v) is 1.84. The molecule has 1 unspecified atom stereocenters. The summed E-state index contributed by atoms with van der Waals surface area (Å²) in [6.45, 7) is 3.68. The third-order valence-electron chi connectivity index (χ3n) is 3.02. The molecule has 22 heavy (non-hydrogen) atoms. The highest BCUT2D eigenvalue weighted by molar-refractivity contribution is 5.76. The van der Waals surface area contributed by atoms with Crippen molar-refractivity contribution < 1.29 is 14.3 Å². The quantitative estimate of drug-likeness (QED) is 0.711. The minimum atomic E-state index is -0.137. The third kappa shape index (κ3) is 6.78. The van der Waals surface area contributed by atoms with Gasteiger partial charge in [0, 0.05) is 25.6 Å². The summed E-state index contributed by atoms with van der Waals surface area (Å²) in [4.78, 5) is 13.7. The number of hydrogen-bond donors (Lipinski definition) is 2. The van der Waals surface area contributed by atoms with Gasteiger partial charge in [-0.15, -0.1) is 0 Å². The third-order valence-corrected chi connectivity index (χ3v) is 3.02. The van der Waals surface area contributed by atoms with E-state index in [2.05, 4.69) is 10.2 Å². The summed E-state index contributed by atoms with van der Waals surface area (Å²) in [6, 6.07) is 5.51. The molecule has 3 N–H and O–H groups in total. The molecule has 0 saturated heterocycles. The van der Waals surface area contributed by atoms with Crippen molar-refractivity contribution in [1.82, 2.24) is 10.2 Å². The smallest absolute Gasteiger partial charge is 0.221 e. The van der Waals surface area contributed by atoms with Crippen LogP contribution >= 0.6 is 0 Å². The van der Waals surface area contributed by atoms with E-state index in [9.17, 15) is 4.79 Å². The summed E-state index contributed by atoms with van der Waals surface area (Å²) in [6.07, 6.45) is 0.322. The fraction of sp³-hybridized carbons (Fsp3) is 0.562. The highest BCUT2D eigenvalue weighted by Crippen LogP contribution is 2.28. The summed E-state index contributed by atoms with van der Waals surface area (Å²) in [5.41, 5.74) is 6.55. The number of nitrogens with two attached hydrogens (primary N) is 1. The molecule has 0 aliphatic carbocycles. The zero-order valence-electron chi connectivity index (χ0n) is 13.9. The first kappa shape index (κ1) is 18.3. The molecule has 1 aromatic carbocycles. The van der Waals surface area contributed by atoms with E-state index in [0.717, 1.165) is 12.1 Å². The molecular weight excluding hydrogens is 282 g/mol. The van der Waals surface area contributed by atoms with Gasteiger partial charge >= 0.3 is 0 Å². The Bertz CT molecular complexity index is 476. The van der Waals surface area contributed by atoms with Crippen LogP contribution < -0.4 is 20.5 Å². The van der Waals surface area contributed by atoms with Gasteiger partial charge in [0.05, 0.1) is 7.11 Å². The second kappa shape index (κ2) is 9.27. The second-order valence-electron chi connectivity index (χ2n) is 5.60. The Labute approximate surface area is 132 Å². The van der Waals surface area contributed by atoms with Crippen LogP contribution in [0.15, 0.2) is 18.2 Å². The van der Waals surface area contributed by atoms with E-state index < -0.39 is 0 Å². The zero-order valence-corrected chi connectivity index (χ0v) is 13.9. The van der Waals surface area contributed by atoms with Crippen LogP contribution in [0.1, 0.15) is 18.9 Å². The van der Waals surface area contributed by atoms with Crippen molar-refractivity contribution in [3.63, 3.8) is 0 Å². The van der Waals surface area contributed by atoms with Gasteiger partial charge < -0.3 is 25.4 Å². The number of methoxy groups -OCH3 is 1. The normalized spacial score (nSPS) is 12.1. The zero-order chi connectivity index (χ0) is 16.5. The number of benzene rings is 1. The SMILES string of the molecule is COc1cc(CNC(=O)CC(C)N)ccc1OCCN(C)C. The standard InChI is InChI=1S/C16H27N3O3/c1-12(17)9-16(20)18-11-13-5-6-14(15(10-13)21-4)22-8-7-19(2)3/h5-6,10,12H,7-9,11,17H2,1-4H3,(H,18,20). The van der Waals surface area contributed by atoms with Gasteiger partial charge in [0.15, 0.2) is 11.5 Å². The maximum absolute atomic E-state index is 11.6. The van der Waals surface area contributed by atoms with E-state index in [0.29, 0.717) is 31.1 Å². The van der Waals surface area contributed by atoms with Crippen LogP contribution in [0.3, 0.4) is 0 Å². The van der Waals surface area contributed by atoms with E-state index in [1.165, 1.54) is 0 Å². The molecule has 0 spiro atoms. The highest BCUT2D eigenvalue weighted by Gasteiger charge is 2.08. The van der Waals surface area contributed by atoms with Crippen molar-refractivity contribution in [3.8, 4) is 11.5 Å². The van der Waals surface area contributed by atoms with Crippen molar-refractivity contribution >= 4 is 5.91 Å². The Morgan fingerprint density at radius 1 is 1.36 bits per heavy atom. The maximum Gasteiger partial charge on any atom is 0.221 e. The number of nitrogens with one attached hydrogen (secondary N) is 1. The summed E-state index contributed by atoms with van der Waals surface area (Å²) < 4.78 is 11.0. The number of likely N-dealkylation sites (N-methyl/N-ethyl adjacent to an activating group) is 1. The lowest BCUT2D eigenvalue weighted by Crippen LogP contribution is -2.29. The summed E-state index contributed by atoms with van der Waals surface area (Å²) in [7, 11) is 5.59. The fourth-order valence-electron chi connectivity index (χ4n) is 1.84. The maximum atomic E-state index is 11.6. The van der Waals surface area contributed by atoms with E-state index >= 15 is 0 Å². The molecule has 6 nitrogen and oxygen atoms in total. The van der Waals surface area contributed by atoms with Gasteiger partial charge in [0.2, 0.25) is 5.91 Å². The molecule has 1 aromatic rings. The molecule has 124 valence electrons. The van der Waals surface area contributed by atoms with Gasteiger partial charge in [0.1, 0.15) is 6.61 Å². The number of amides is 1. The van der Waals surface area contributed by atoms with E-state index in [1.807, 2.05) is 39.2 Å². The molecule has 0 aliphatic heterocycles. The van der Waals surface area contributed by atoms with Crippen LogP contribution in [0.5, 0.6) is 11.5 Å². The Hall–Kier alpha value is -1.79. The molecule has 1 atom stereocenters. The molecule has 6 heteroatoms. The summed E-state index contributed by atoms with van der Waals surface area (Å²) >= 11 is 0. The average molecular weight is 309 g/mol. The highest BCUT2D eigenvalue weighted by atomic mass is 16.5. The predicted octanol–water partition coefficient (Wildman–Crippen LogP) is 0.989. The van der Waals surface area contributed by atoms with E-state index in [1.54, 1.807) is 7.11 Å². The van der Waals surface area contributed by atoms with Gasteiger partial charge in [-0.25, -0.2) is 0 Å². The summed E-state index contributed by atoms with van der Waals surface area (Å²) in [5, 5.41) is 2.84. The second-order valence-corrected chi connectivity index (χ2v) is 5.60. The van der Waals surface area contributed by atoms with Crippen molar-refractivity contribution in [2.75, 3.05) is 34.4 Å². The van der Waals surface area contributed by atoms with Crippen LogP contribution in [-0.2, 0) is 11.3 Å². The minimum Gasteiger partial charge on any atom is -0.493 e. The lowest BCUT2D eigenvalue weighted by molar-refractivity contribution is -0.121. The molecular formula is C16H27N3O3. The molecule has 1 amide bonds. The lowest BCUT2D eigenvalue weighted by atomic mass is 10.2. The molecule has 0 aliphatic rings. The van der Waals surface area contributed by atoms with Gasteiger partial charge in [-0.2, -0.15) is 0 Å². The number of carbonyl (C=O) groups is 1.